The molecule has 3 N–H and O–H groups in total. The molecule has 0 aromatic heterocycles. The quantitative estimate of drug-likeness (QED) is 0.482. The summed E-state index contributed by atoms with van der Waals surface area (Å²) in [6, 6.07) is -0.385. The number of thioether (sulfide) groups is 1. The van der Waals surface area contributed by atoms with Gasteiger partial charge in [0.25, 0.3) is 0 Å². The summed E-state index contributed by atoms with van der Waals surface area (Å²) in [6.45, 7) is 3.18. The number of nitrogens with one attached hydrogen (secondary N) is 2. The third-order valence-corrected chi connectivity index (χ3v) is 5.60. The van der Waals surface area contributed by atoms with Crippen LogP contribution in [-0.2, 0) is 14.4 Å². The summed E-state index contributed by atoms with van der Waals surface area (Å²) in [5.74, 6) is 0.170. The monoisotopic (exact) mass is 372 g/mol. The van der Waals surface area contributed by atoms with E-state index in [-0.39, 0.29) is 23.0 Å². The van der Waals surface area contributed by atoms with E-state index < -0.39 is 18.6 Å². The standard InChI is InChI=1S/C18H32N2O4S/c1-13(2)18(24)25-11-7-3-4-10-15(20-16(22)12-21)17(23)19-14-8-5-6-9-14/h13-15,21H,3-12H2,1-2H3,(H,19,23)(H,20,22)/t15-/m0/s1. The van der Waals surface area contributed by atoms with E-state index in [1.54, 1.807) is 0 Å². The van der Waals surface area contributed by atoms with Crippen molar-refractivity contribution in [3.05, 3.63) is 0 Å². The molecule has 1 rings (SSSR count). The number of rotatable bonds is 11. The Labute approximate surface area is 154 Å². The van der Waals surface area contributed by atoms with Gasteiger partial charge in [-0.1, -0.05) is 51.3 Å². The van der Waals surface area contributed by atoms with Crippen LogP contribution in [0, 0.1) is 5.92 Å². The molecule has 1 aliphatic carbocycles. The number of carbonyl (C=O) groups excluding carboxylic acids is 3. The minimum atomic E-state index is -0.610. The van der Waals surface area contributed by atoms with Crippen molar-refractivity contribution < 1.29 is 19.5 Å². The molecule has 144 valence electrons. The van der Waals surface area contributed by atoms with Crippen LogP contribution in [0.1, 0.15) is 65.2 Å². The van der Waals surface area contributed by atoms with Gasteiger partial charge in [-0.3, -0.25) is 14.4 Å². The molecule has 0 aromatic rings. The van der Waals surface area contributed by atoms with Crippen LogP contribution in [0.5, 0.6) is 0 Å². The average Bonchev–Trinajstić information content (AvgIpc) is 3.08. The maximum absolute atomic E-state index is 12.4. The number of unbranched alkanes of at least 4 members (excludes halogenated alkanes) is 2. The molecule has 1 aliphatic rings. The molecular formula is C18H32N2O4S. The highest BCUT2D eigenvalue weighted by Crippen LogP contribution is 2.18. The van der Waals surface area contributed by atoms with Crippen LogP contribution in [0.15, 0.2) is 0 Å². The van der Waals surface area contributed by atoms with Gasteiger partial charge in [-0.05, 0) is 25.7 Å². The Morgan fingerprint density at radius 1 is 1.12 bits per heavy atom. The fourth-order valence-corrected chi connectivity index (χ4v) is 3.73. The van der Waals surface area contributed by atoms with Gasteiger partial charge in [0.2, 0.25) is 11.8 Å². The lowest BCUT2D eigenvalue weighted by Crippen LogP contribution is -2.49. The van der Waals surface area contributed by atoms with Crippen LogP contribution in [0.2, 0.25) is 0 Å². The molecule has 1 saturated carbocycles. The Bertz CT molecular complexity index is 437. The number of hydrogen-bond donors (Lipinski definition) is 3. The molecule has 0 bridgehead atoms. The molecule has 25 heavy (non-hydrogen) atoms. The lowest BCUT2D eigenvalue weighted by Gasteiger charge is -2.20. The zero-order valence-corrected chi connectivity index (χ0v) is 16.2. The topological polar surface area (TPSA) is 95.5 Å². The number of carbonyl (C=O) groups is 3. The zero-order chi connectivity index (χ0) is 18.7. The largest absolute Gasteiger partial charge is 0.387 e. The molecule has 0 saturated heterocycles. The van der Waals surface area contributed by atoms with E-state index in [2.05, 4.69) is 10.6 Å². The normalized spacial score (nSPS) is 16.0. The number of hydrogen-bond acceptors (Lipinski definition) is 5. The Morgan fingerprint density at radius 3 is 2.40 bits per heavy atom. The summed E-state index contributed by atoms with van der Waals surface area (Å²) in [4.78, 5) is 35.4. The van der Waals surface area contributed by atoms with Gasteiger partial charge in [-0.2, -0.15) is 0 Å². The molecule has 0 aromatic carbocycles. The Hall–Kier alpha value is -1.08. The summed E-state index contributed by atoms with van der Waals surface area (Å²) in [5.41, 5.74) is 0. The van der Waals surface area contributed by atoms with Crippen LogP contribution in [-0.4, -0.2) is 46.5 Å². The van der Waals surface area contributed by atoms with Gasteiger partial charge in [0.1, 0.15) is 12.6 Å². The molecule has 0 spiro atoms. The van der Waals surface area contributed by atoms with E-state index in [1.165, 1.54) is 11.8 Å². The first-order valence-electron chi connectivity index (χ1n) is 9.31. The van der Waals surface area contributed by atoms with Crippen LogP contribution in [0.3, 0.4) is 0 Å². The molecule has 1 atom stereocenters. The third-order valence-electron chi connectivity index (χ3n) is 4.35. The first-order chi connectivity index (χ1) is 11.9. The summed E-state index contributed by atoms with van der Waals surface area (Å²) >= 11 is 1.36. The first kappa shape index (κ1) is 22.0. The fourth-order valence-electron chi connectivity index (χ4n) is 2.85. The van der Waals surface area contributed by atoms with Crippen molar-refractivity contribution in [3.63, 3.8) is 0 Å². The maximum Gasteiger partial charge on any atom is 0.246 e. The van der Waals surface area contributed by atoms with Gasteiger partial charge < -0.3 is 15.7 Å². The lowest BCUT2D eigenvalue weighted by molar-refractivity contribution is -0.130. The van der Waals surface area contributed by atoms with Crippen LogP contribution >= 0.6 is 11.8 Å². The second-order valence-electron chi connectivity index (χ2n) is 6.94. The highest BCUT2D eigenvalue weighted by molar-refractivity contribution is 8.13. The summed E-state index contributed by atoms with van der Waals surface area (Å²) < 4.78 is 0. The van der Waals surface area contributed by atoms with Crippen molar-refractivity contribution in [1.82, 2.24) is 10.6 Å². The fraction of sp³-hybridized carbons (Fsp3) is 0.833. The highest BCUT2D eigenvalue weighted by atomic mass is 32.2. The van der Waals surface area contributed by atoms with Crippen molar-refractivity contribution in [2.75, 3.05) is 12.4 Å². The number of amides is 2. The molecule has 0 heterocycles. The van der Waals surface area contributed by atoms with E-state index in [4.69, 9.17) is 5.11 Å². The van der Waals surface area contributed by atoms with Crippen molar-refractivity contribution in [1.29, 1.82) is 0 Å². The second-order valence-corrected chi connectivity index (χ2v) is 8.04. The molecule has 0 aliphatic heterocycles. The van der Waals surface area contributed by atoms with Crippen LogP contribution < -0.4 is 10.6 Å². The molecule has 2 amide bonds. The number of aliphatic hydroxyl groups excluding tert-OH is 1. The summed E-state index contributed by atoms with van der Waals surface area (Å²) in [6.07, 6.45) is 7.41. The first-order valence-corrected chi connectivity index (χ1v) is 10.3. The van der Waals surface area contributed by atoms with Crippen molar-refractivity contribution in [2.45, 2.75) is 77.3 Å². The van der Waals surface area contributed by atoms with Gasteiger partial charge in [0.05, 0.1) is 0 Å². The van der Waals surface area contributed by atoms with Crippen molar-refractivity contribution >= 4 is 28.7 Å². The van der Waals surface area contributed by atoms with E-state index in [0.717, 1.165) is 50.7 Å². The highest BCUT2D eigenvalue weighted by Gasteiger charge is 2.24. The van der Waals surface area contributed by atoms with Crippen molar-refractivity contribution in [3.8, 4) is 0 Å². The minimum Gasteiger partial charge on any atom is -0.387 e. The van der Waals surface area contributed by atoms with Crippen LogP contribution in [0.25, 0.3) is 0 Å². The predicted molar refractivity (Wildman–Crippen MR) is 100 cm³/mol. The maximum atomic E-state index is 12.4. The molecule has 1 fully saturated rings. The van der Waals surface area contributed by atoms with Gasteiger partial charge in [-0.25, -0.2) is 0 Å². The van der Waals surface area contributed by atoms with Gasteiger partial charge in [0, 0.05) is 17.7 Å². The molecular weight excluding hydrogens is 340 g/mol. The Balaban J connectivity index is 2.31. The Kier molecular flexibility index (Phi) is 10.8. The minimum absolute atomic E-state index is 0.0577. The second kappa shape index (κ2) is 12.3. The van der Waals surface area contributed by atoms with E-state index in [0.29, 0.717) is 6.42 Å². The Morgan fingerprint density at radius 2 is 1.80 bits per heavy atom. The van der Waals surface area contributed by atoms with Gasteiger partial charge >= 0.3 is 0 Å². The van der Waals surface area contributed by atoms with Gasteiger partial charge in [0.15, 0.2) is 5.12 Å². The zero-order valence-electron chi connectivity index (χ0n) is 15.4. The number of aliphatic hydroxyl groups is 1. The average molecular weight is 373 g/mol. The molecule has 7 heteroatoms. The smallest absolute Gasteiger partial charge is 0.246 e. The molecule has 6 nitrogen and oxygen atoms in total. The van der Waals surface area contributed by atoms with Gasteiger partial charge in [-0.15, -0.1) is 0 Å². The predicted octanol–water partition coefficient (Wildman–Crippen LogP) is 2.00. The summed E-state index contributed by atoms with van der Waals surface area (Å²) in [5, 5.41) is 14.7. The van der Waals surface area contributed by atoms with Crippen LogP contribution in [0.4, 0.5) is 0 Å². The van der Waals surface area contributed by atoms with E-state index in [1.807, 2.05) is 13.8 Å². The lowest BCUT2D eigenvalue weighted by atomic mass is 10.1. The van der Waals surface area contributed by atoms with E-state index in [9.17, 15) is 14.4 Å². The SMILES string of the molecule is CC(C)C(=O)SCCCCC[C@H](NC(=O)CO)C(=O)NC1CCCC1. The van der Waals surface area contributed by atoms with Crippen molar-refractivity contribution in [2.24, 2.45) is 5.92 Å². The molecule has 0 radical (unpaired) electrons. The summed E-state index contributed by atoms with van der Waals surface area (Å²) in [7, 11) is 0. The van der Waals surface area contributed by atoms with E-state index >= 15 is 0 Å². The molecule has 0 unspecified atom stereocenters. The third kappa shape index (κ3) is 9.26.